The quantitative estimate of drug-likeness (QED) is 0.820. The summed E-state index contributed by atoms with van der Waals surface area (Å²) in [5.74, 6) is 0. The fourth-order valence-corrected chi connectivity index (χ4v) is 3.19. The van der Waals surface area contributed by atoms with Crippen molar-refractivity contribution < 1.29 is 17.9 Å². The minimum atomic E-state index is -3.69. The van der Waals surface area contributed by atoms with Crippen LogP contribution >= 0.6 is 0 Å². The Bertz CT molecular complexity index is 697. The lowest BCUT2D eigenvalue weighted by Crippen LogP contribution is -2.31. The van der Waals surface area contributed by atoms with E-state index in [0.29, 0.717) is 25.0 Å². The maximum atomic E-state index is 12.1. The normalized spacial score (nSPS) is 23.5. The van der Waals surface area contributed by atoms with Crippen LogP contribution in [0.4, 0.5) is 4.79 Å². The number of nitrogens with two attached hydrogens (primary N) is 1. The number of carbonyl (C=O) groups is 1. The van der Waals surface area contributed by atoms with Crippen LogP contribution in [0, 0.1) is 6.92 Å². The molecule has 120 valence electrons. The van der Waals surface area contributed by atoms with Gasteiger partial charge in [0.2, 0.25) is 0 Å². The fraction of sp³-hybridized carbons (Fsp3) is 0.429. The van der Waals surface area contributed by atoms with Crippen molar-refractivity contribution in [1.29, 1.82) is 0 Å². The van der Waals surface area contributed by atoms with Gasteiger partial charge in [-0.15, -0.1) is 0 Å². The largest absolute Gasteiger partial charge is 0.443 e. The van der Waals surface area contributed by atoms with E-state index in [-0.39, 0.29) is 4.90 Å². The van der Waals surface area contributed by atoms with E-state index in [1.165, 1.54) is 12.1 Å². The first-order valence-electron chi connectivity index (χ1n) is 6.83. The number of rotatable bonds is 4. The molecule has 8 heteroatoms. The Balaban J connectivity index is 2.06. The van der Waals surface area contributed by atoms with Crippen LogP contribution in [0.15, 0.2) is 34.3 Å². The van der Waals surface area contributed by atoms with Crippen LogP contribution in [0.2, 0.25) is 0 Å². The van der Waals surface area contributed by atoms with Crippen LogP contribution in [0.25, 0.3) is 0 Å². The molecule has 1 aliphatic rings. The summed E-state index contributed by atoms with van der Waals surface area (Å²) in [5, 5.41) is 3.94. The van der Waals surface area contributed by atoms with Gasteiger partial charge in [-0.05, 0) is 38.8 Å². The summed E-state index contributed by atoms with van der Waals surface area (Å²) in [4.78, 5) is 13.2. The highest BCUT2D eigenvalue weighted by atomic mass is 32.2. The van der Waals surface area contributed by atoms with E-state index in [0.717, 1.165) is 5.56 Å². The predicted molar refractivity (Wildman–Crippen MR) is 81.9 cm³/mol. The molecule has 22 heavy (non-hydrogen) atoms. The van der Waals surface area contributed by atoms with E-state index in [9.17, 15) is 13.2 Å². The number of hydrogen-bond acceptors (Lipinski definition) is 5. The van der Waals surface area contributed by atoms with Crippen LogP contribution in [-0.2, 0) is 14.8 Å². The molecular formula is C14H19N3O4S. The van der Waals surface area contributed by atoms with Crippen LogP contribution in [0.1, 0.15) is 31.7 Å². The molecule has 1 aliphatic carbocycles. The number of benzene rings is 1. The van der Waals surface area contributed by atoms with Gasteiger partial charge >= 0.3 is 6.09 Å². The molecule has 1 fully saturated rings. The second-order valence-corrected chi connectivity index (χ2v) is 7.29. The van der Waals surface area contributed by atoms with Crippen LogP contribution in [0.5, 0.6) is 0 Å². The highest BCUT2D eigenvalue weighted by molar-refractivity contribution is 7.89. The van der Waals surface area contributed by atoms with Gasteiger partial charge in [0.1, 0.15) is 5.60 Å². The molecule has 0 aliphatic heterocycles. The third kappa shape index (κ3) is 3.97. The highest BCUT2D eigenvalue weighted by Gasteiger charge is 2.36. The van der Waals surface area contributed by atoms with Gasteiger partial charge in [-0.3, -0.25) is 0 Å². The fourth-order valence-electron chi connectivity index (χ4n) is 2.34. The molecule has 1 atom stereocenters. The Hall–Kier alpha value is -2.09. The van der Waals surface area contributed by atoms with Crippen LogP contribution < -0.4 is 10.6 Å². The number of carbonyl (C=O) groups excluding carboxylic acids is 1. The Morgan fingerprint density at radius 3 is 2.59 bits per heavy atom. The van der Waals surface area contributed by atoms with Crippen molar-refractivity contribution in [3.05, 3.63) is 29.8 Å². The zero-order valence-corrected chi connectivity index (χ0v) is 13.3. The first-order chi connectivity index (χ1) is 10.2. The molecule has 2 rings (SSSR count). The monoisotopic (exact) mass is 325 g/mol. The number of hydrazone groups is 1. The number of sulfonamides is 1. The molecule has 1 aromatic carbocycles. The molecule has 0 spiro atoms. The SMILES string of the molecule is Cc1ccc(S(=O)(=O)N/N=C2/CCC(C)(OC(N)=O)C2)cc1. The van der Waals surface area contributed by atoms with Crippen molar-refractivity contribution in [3.8, 4) is 0 Å². The second kappa shape index (κ2) is 5.96. The van der Waals surface area contributed by atoms with E-state index < -0.39 is 21.7 Å². The Morgan fingerprint density at radius 2 is 2.00 bits per heavy atom. The predicted octanol–water partition coefficient (Wildman–Crippen LogP) is 1.67. The van der Waals surface area contributed by atoms with Gasteiger partial charge < -0.3 is 10.5 Å². The first kappa shape index (κ1) is 16.3. The van der Waals surface area contributed by atoms with Crippen LogP contribution in [-0.4, -0.2) is 25.8 Å². The third-order valence-corrected chi connectivity index (χ3v) is 4.75. The van der Waals surface area contributed by atoms with Gasteiger partial charge in [0.15, 0.2) is 0 Å². The summed E-state index contributed by atoms with van der Waals surface area (Å²) in [6.07, 6.45) is 0.608. The van der Waals surface area contributed by atoms with Gasteiger partial charge in [0.05, 0.1) is 4.90 Å². The number of amides is 1. The van der Waals surface area contributed by atoms with E-state index in [1.54, 1.807) is 19.1 Å². The summed E-state index contributed by atoms with van der Waals surface area (Å²) < 4.78 is 29.3. The Kier molecular flexibility index (Phi) is 4.41. The van der Waals surface area contributed by atoms with Crippen molar-refractivity contribution >= 4 is 21.8 Å². The standard InChI is InChI=1S/C14H19N3O4S/c1-10-3-5-12(6-4-10)22(19,20)17-16-11-7-8-14(2,9-11)21-13(15)18/h3-6,17H,7-9H2,1-2H3,(H2,15,18)/b16-11-. The minimum Gasteiger partial charge on any atom is -0.443 e. The third-order valence-electron chi connectivity index (χ3n) is 3.52. The lowest BCUT2D eigenvalue weighted by atomic mass is 10.1. The van der Waals surface area contributed by atoms with Crippen molar-refractivity contribution in [1.82, 2.24) is 4.83 Å². The molecule has 0 aromatic heterocycles. The minimum absolute atomic E-state index is 0.150. The molecule has 1 unspecified atom stereocenters. The first-order valence-corrected chi connectivity index (χ1v) is 8.31. The van der Waals surface area contributed by atoms with Crippen molar-refractivity contribution in [2.45, 2.75) is 43.6 Å². The molecule has 0 heterocycles. The van der Waals surface area contributed by atoms with E-state index >= 15 is 0 Å². The topological polar surface area (TPSA) is 111 Å². The Labute approximate surface area is 129 Å². The summed E-state index contributed by atoms with van der Waals surface area (Å²) >= 11 is 0. The average Bonchev–Trinajstić information content (AvgIpc) is 2.77. The number of primary amides is 1. The lowest BCUT2D eigenvalue weighted by molar-refractivity contribution is 0.0404. The van der Waals surface area contributed by atoms with Crippen molar-refractivity contribution in [2.24, 2.45) is 10.8 Å². The molecule has 0 saturated heterocycles. The smallest absolute Gasteiger partial charge is 0.405 e. The summed E-state index contributed by atoms with van der Waals surface area (Å²) in [6.45, 7) is 3.62. The van der Waals surface area contributed by atoms with E-state index in [2.05, 4.69) is 9.93 Å². The second-order valence-electron chi connectivity index (χ2n) is 5.63. The molecule has 7 nitrogen and oxygen atoms in total. The van der Waals surface area contributed by atoms with Gasteiger partial charge in [-0.25, -0.2) is 9.63 Å². The zero-order valence-electron chi connectivity index (χ0n) is 12.5. The number of ether oxygens (including phenoxy) is 1. The maximum Gasteiger partial charge on any atom is 0.405 e. The van der Waals surface area contributed by atoms with Crippen molar-refractivity contribution in [2.75, 3.05) is 0 Å². The molecular weight excluding hydrogens is 306 g/mol. The number of hydrogen-bond donors (Lipinski definition) is 2. The lowest BCUT2D eigenvalue weighted by Gasteiger charge is -2.21. The average molecular weight is 325 g/mol. The highest BCUT2D eigenvalue weighted by Crippen LogP contribution is 2.31. The van der Waals surface area contributed by atoms with E-state index in [4.69, 9.17) is 10.5 Å². The molecule has 0 bridgehead atoms. The molecule has 1 amide bonds. The number of nitrogens with zero attached hydrogens (tertiary/aromatic N) is 1. The van der Waals surface area contributed by atoms with Crippen LogP contribution in [0.3, 0.4) is 0 Å². The van der Waals surface area contributed by atoms with Gasteiger partial charge in [-0.2, -0.15) is 13.5 Å². The summed E-state index contributed by atoms with van der Waals surface area (Å²) in [6, 6.07) is 6.48. The molecule has 1 saturated carbocycles. The van der Waals surface area contributed by atoms with Gasteiger partial charge in [0.25, 0.3) is 10.0 Å². The Morgan fingerprint density at radius 1 is 1.36 bits per heavy atom. The number of nitrogens with one attached hydrogen (secondary N) is 1. The summed E-state index contributed by atoms with van der Waals surface area (Å²) in [5.41, 5.74) is 5.90. The number of aryl methyl sites for hydroxylation is 1. The van der Waals surface area contributed by atoms with E-state index in [1.807, 2.05) is 6.92 Å². The maximum absolute atomic E-state index is 12.1. The zero-order chi connectivity index (χ0) is 16.4. The molecule has 1 aromatic rings. The summed E-state index contributed by atoms with van der Waals surface area (Å²) in [7, 11) is -3.69. The van der Waals surface area contributed by atoms with Crippen molar-refractivity contribution in [3.63, 3.8) is 0 Å². The molecule has 0 radical (unpaired) electrons. The molecule has 3 N–H and O–H groups in total. The van der Waals surface area contributed by atoms with Gasteiger partial charge in [-0.1, -0.05) is 17.7 Å². The van der Waals surface area contributed by atoms with Gasteiger partial charge in [0, 0.05) is 12.1 Å².